The minimum Gasteiger partial charge on any atom is -0.463 e. The Balaban J connectivity index is 6.28. The van der Waals surface area contributed by atoms with E-state index in [1.165, 1.54) is 21.3 Å². The van der Waals surface area contributed by atoms with Crippen molar-refractivity contribution in [3.05, 3.63) is 0 Å². The molecule has 53 heavy (non-hydrogen) atoms. The first kappa shape index (κ1) is 51.3. The van der Waals surface area contributed by atoms with Crippen LogP contribution in [-0.2, 0) is 61.6 Å². The van der Waals surface area contributed by atoms with E-state index in [2.05, 4.69) is 4.74 Å². The van der Waals surface area contributed by atoms with Gasteiger partial charge in [-0.05, 0) is 0 Å². The summed E-state index contributed by atoms with van der Waals surface area (Å²) < 4.78 is 215. The van der Waals surface area contributed by atoms with E-state index < -0.39 is 87.7 Å². The SMILES string of the molecule is COCCOCCOCCOC(=O)CC(OCCOCCOCCOC)(OCCOCCOCCOC)C(F)(F)C(F)(F)C(F)(F)C(F)(F)C(F)(F)F. The van der Waals surface area contributed by atoms with Gasteiger partial charge in [0.15, 0.2) is 0 Å². The zero-order valence-corrected chi connectivity index (χ0v) is 29.4. The van der Waals surface area contributed by atoms with Crippen LogP contribution in [0.1, 0.15) is 6.42 Å². The van der Waals surface area contributed by atoms with Crippen molar-refractivity contribution in [2.24, 2.45) is 0 Å². The van der Waals surface area contributed by atoms with Gasteiger partial charge < -0.3 is 56.8 Å². The second kappa shape index (κ2) is 26.2. The first-order valence-corrected chi connectivity index (χ1v) is 15.8. The molecule has 0 fully saturated rings. The molecule has 0 aliphatic carbocycles. The molecule has 0 spiro atoms. The fourth-order valence-corrected chi connectivity index (χ4v) is 3.63. The number of ether oxygens (including phenoxy) is 12. The third-order valence-electron chi connectivity index (χ3n) is 6.42. The van der Waals surface area contributed by atoms with Crippen molar-refractivity contribution in [2.75, 3.05) is 140 Å². The molecule has 0 aromatic carbocycles. The molecule has 24 heteroatoms. The number of methoxy groups -OCH3 is 3. The second-order valence-corrected chi connectivity index (χ2v) is 10.3. The van der Waals surface area contributed by atoms with E-state index in [1.807, 2.05) is 0 Å². The fourth-order valence-electron chi connectivity index (χ4n) is 3.63. The van der Waals surface area contributed by atoms with E-state index in [0.717, 1.165) is 0 Å². The zero-order chi connectivity index (χ0) is 40.5. The summed E-state index contributed by atoms with van der Waals surface area (Å²) in [6.07, 6.45) is -9.68. The predicted molar refractivity (Wildman–Crippen MR) is 157 cm³/mol. The summed E-state index contributed by atoms with van der Waals surface area (Å²) in [5, 5.41) is 0. The molecule has 0 heterocycles. The molecule has 0 amide bonds. The molecule has 0 saturated carbocycles. The van der Waals surface area contributed by atoms with Gasteiger partial charge in [0.05, 0.1) is 112 Å². The maximum Gasteiger partial charge on any atom is 0.460 e. The molecule has 0 unspecified atom stereocenters. The predicted octanol–water partition coefficient (Wildman–Crippen LogP) is 3.79. The van der Waals surface area contributed by atoms with Crippen molar-refractivity contribution in [1.82, 2.24) is 0 Å². The summed E-state index contributed by atoms with van der Waals surface area (Å²) in [6.45, 7) is -5.30. The van der Waals surface area contributed by atoms with Crippen molar-refractivity contribution in [1.29, 1.82) is 0 Å². The lowest BCUT2D eigenvalue weighted by atomic mass is 9.90. The van der Waals surface area contributed by atoms with E-state index in [1.54, 1.807) is 0 Å². The Bertz CT molecular complexity index is 927. The topological polar surface area (TPSA) is 128 Å². The van der Waals surface area contributed by atoms with E-state index in [9.17, 15) is 35.5 Å². The third-order valence-corrected chi connectivity index (χ3v) is 6.42. The number of rotatable bonds is 35. The fraction of sp³-hybridized carbons (Fsp3) is 0.966. The Labute approximate surface area is 298 Å². The summed E-state index contributed by atoms with van der Waals surface area (Å²) in [4.78, 5) is 12.7. The normalized spacial score (nSPS) is 13.5. The Morgan fingerprint density at radius 1 is 0.377 bits per heavy atom. The van der Waals surface area contributed by atoms with Gasteiger partial charge in [-0.1, -0.05) is 0 Å². The van der Waals surface area contributed by atoms with Crippen LogP contribution in [0.5, 0.6) is 0 Å². The van der Waals surface area contributed by atoms with Crippen LogP contribution >= 0.6 is 0 Å². The van der Waals surface area contributed by atoms with Gasteiger partial charge in [-0.15, -0.1) is 0 Å². The average Bonchev–Trinajstić information content (AvgIpc) is 3.08. The smallest absolute Gasteiger partial charge is 0.460 e. The molecule has 0 aliphatic heterocycles. The van der Waals surface area contributed by atoms with Crippen LogP contribution in [0.25, 0.3) is 0 Å². The lowest BCUT2D eigenvalue weighted by Crippen LogP contribution is -2.73. The van der Waals surface area contributed by atoms with Crippen LogP contribution in [0, 0.1) is 0 Å². The summed E-state index contributed by atoms with van der Waals surface area (Å²) in [5.41, 5.74) is 0. The summed E-state index contributed by atoms with van der Waals surface area (Å²) in [7, 11) is 4.18. The Morgan fingerprint density at radius 3 is 0.981 bits per heavy atom. The lowest BCUT2D eigenvalue weighted by molar-refractivity contribution is -0.461. The van der Waals surface area contributed by atoms with Gasteiger partial charge in [0.1, 0.15) is 13.0 Å². The summed E-state index contributed by atoms with van der Waals surface area (Å²) >= 11 is 0. The van der Waals surface area contributed by atoms with Crippen LogP contribution in [0.4, 0.5) is 48.3 Å². The molecule has 0 aliphatic rings. The average molecular weight is 813 g/mol. The van der Waals surface area contributed by atoms with Gasteiger partial charge in [-0.2, -0.15) is 48.3 Å². The highest BCUT2D eigenvalue weighted by Gasteiger charge is 2.90. The highest BCUT2D eigenvalue weighted by Crippen LogP contribution is 2.60. The van der Waals surface area contributed by atoms with Crippen molar-refractivity contribution in [3.8, 4) is 0 Å². The van der Waals surface area contributed by atoms with Gasteiger partial charge in [-0.3, -0.25) is 4.79 Å². The number of esters is 1. The largest absolute Gasteiger partial charge is 0.463 e. The van der Waals surface area contributed by atoms with Gasteiger partial charge in [0.2, 0.25) is 0 Å². The Kier molecular flexibility index (Phi) is 25.3. The summed E-state index contributed by atoms with van der Waals surface area (Å²) in [5.74, 6) is -36.6. The maximum atomic E-state index is 15.8. The van der Waals surface area contributed by atoms with Crippen LogP contribution in [0.15, 0.2) is 0 Å². The number of carbonyl (C=O) groups excluding carboxylic acids is 1. The first-order chi connectivity index (χ1) is 24.8. The molecule has 0 aromatic rings. The van der Waals surface area contributed by atoms with Gasteiger partial charge in [-0.25, -0.2) is 0 Å². The van der Waals surface area contributed by atoms with Gasteiger partial charge in [0.25, 0.3) is 5.79 Å². The number of halogens is 11. The quantitative estimate of drug-likeness (QED) is 0.0399. The number of hydrogen-bond acceptors (Lipinski definition) is 13. The van der Waals surface area contributed by atoms with Crippen LogP contribution < -0.4 is 0 Å². The molecule has 0 atom stereocenters. The van der Waals surface area contributed by atoms with Crippen LogP contribution in [0.3, 0.4) is 0 Å². The number of hydrogen-bond donors (Lipinski definition) is 0. The minimum atomic E-state index is -7.84. The summed E-state index contributed by atoms with van der Waals surface area (Å²) in [6, 6.07) is 0. The van der Waals surface area contributed by atoms with Crippen LogP contribution in [0.2, 0.25) is 0 Å². The van der Waals surface area contributed by atoms with Crippen molar-refractivity contribution in [2.45, 2.75) is 42.1 Å². The second-order valence-electron chi connectivity index (χ2n) is 10.3. The van der Waals surface area contributed by atoms with E-state index in [-0.39, 0.29) is 79.3 Å². The monoisotopic (exact) mass is 812 g/mol. The molecule has 0 bridgehead atoms. The standard InChI is InChI=1S/C29H47F11O13/c1-42-4-7-45-10-13-48-16-19-51-23(41)22-24(52-20-17-49-14-11-46-8-5-43-2,53-21-18-50-15-12-47-9-6-44-3)25(30,31)26(32,33)27(34,35)28(36,37)29(38,39)40/h4-22H2,1-3H3. The lowest BCUT2D eigenvalue weighted by Gasteiger charge is -2.45. The van der Waals surface area contributed by atoms with E-state index in [4.69, 9.17) is 52.1 Å². The molecular formula is C29H47F11O13. The van der Waals surface area contributed by atoms with E-state index in [0.29, 0.717) is 0 Å². The number of carbonyl (C=O) groups is 1. The highest BCUT2D eigenvalue weighted by atomic mass is 19.4. The van der Waals surface area contributed by atoms with Crippen LogP contribution in [-0.4, -0.2) is 182 Å². The number of alkyl halides is 11. The van der Waals surface area contributed by atoms with Gasteiger partial charge >= 0.3 is 35.8 Å². The molecule has 13 nitrogen and oxygen atoms in total. The maximum absolute atomic E-state index is 15.8. The van der Waals surface area contributed by atoms with Gasteiger partial charge in [0, 0.05) is 21.3 Å². The molecular weight excluding hydrogens is 765 g/mol. The van der Waals surface area contributed by atoms with Crippen molar-refractivity contribution >= 4 is 5.97 Å². The molecule has 0 radical (unpaired) electrons. The third kappa shape index (κ3) is 16.9. The van der Waals surface area contributed by atoms with Crippen molar-refractivity contribution in [3.63, 3.8) is 0 Å². The minimum absolute atomic E-state index is 0.0306. The molecule has 0 saturated heterocycles. The Hall–Kier alpha value is -1.74. The molecule has 0 rings (SSSR count). The Morgan fingerprint density at radius 2 is 0.660 bits per heavy atom. The van der Waals surface area contributed by atoms with E-state index >= 15 is 17.6 Å². The van der Waals surface area contributed by atoms with Crippen molar-refractivity contribution < 1.29 is 110 Å². The molecule has 0 N–H and O–H groups in total. The molecule has 0 aromatic heterocycles. The first-order valence-electron chi connectivity index (χ1n) is 15.8. The molecule has 318 valence electrons. The zero-order valence-electron chi connectivity index (χ0n) is 29.4. The highest BCUT2D eigenvalue weighted by molar-refractivity contribution is 5.70.